The zero-order valence-corrected chi connectivity index (χ0v) is 15.1. The molecule has 1 aromatic heterocycles. The van der Waals surface area contributed by atoms with Crippen LogP contribution in [0.25, 0.3) is 21.9 Å². The Morgan fingerprint density at radius 2 is 2.00 bits per heavy atom. The SMILES string of the molecule is COc1cc(C=C(C#N)c2nc3ccccc3s2)ccc1OC(C)C. The predicted octanol–water partition coefficient (Wildman–Crippen LogP) is 5.16. The van der Waals surface area contributed by atoms with E-state index in [0.29, 0.717) is 22.1 Å². The third-order valence-corrected chi connectivity index (χ3v) is 4.58. The monoisotopic (exact) mass is 350 g/mol. The topological polar surface area (TPSA) is 55.1 Å². The Balaban J connectivity index is 1.98. The summed E-state index contributed by atoms with van der Waals surface area (Å²) in [5, 5.41) is 10.3. The number of methoxy groups -OCH3 is 1. The van der Waals surface area contributed by atoms with Crippen LogP contribution in [0.2, 0.25) is 0 Å². The summed E-state index contributed by atoms with van der Waals surface area (Å²) >= 11 is 1.51. The fourth-order valence-corrected chi connectivity index (χ4v) is 3.35. The normalized spacial score (nSPS) is 11.6. The third kappa shape index (κ3) is 3.81. The van der Waals surface area contributed by atoms with Crippen molar-refractivity contribution >= 4 is 33.2 Å². The summed E-state index contributed by atoms with van der Waals surface area (Å²) in [6, 6.07) is 15.8. The number of allylic oxidation sites excluding steroid dienone is 1. The Bertz CT molecular complexity index is 934. The lowest BCUT2D eigenvalue weighted by molar-refractivity contribution is 0.230. The molecule has 0 saturated carbocycles. The molecule has 0 unspecified atom stereocenters. The van der Waals surface area contributed by atoms with E-state index in [2.05, 4.69) is 11.1 Å². The molecule has 126 valence electrons. The van der Waals surface area contributed by atoms with Crippen molar-refractivity contribution in [1.82, 2.24) is 4.98 Å². The Morgan fingerprint density at radius 3 is 2.68 bits per heavy atom. The van der Waals surface area contributed by atoms with Gasteiger partial charge in [-0.2, -0.15) is 5.26 Å². The maximum absolute atomic E-state index is 9.56. The van der Waals surface area contributed by atoms with Gasteiger partial charge in [0.2, 0.25) is 0 Å². The van der Waals surface area contributed by atoms with E-state index >= 15 is 0 Å². The molecule has 3 rings (SSSR count). The average Bonchev–Trinajstić information content (AvgIpc) is 3.04. The summed E-state index contributed by atoms with van der Waals surface area (Å²) in [5.74, 6) is 1.33. The Labute approximate surface area is 151 Å². The summed E-state index contributed by atoms with van der Waals surface area (Å²) in [6.07, 6.45) is 1.88. The van der Waals surface area contributed by atoms with Gasteiger partial charge in [-0.25, -0.2) is 4.98 Å². The fourth-order valence-electron chi connectivity index (χ4n) is 2.42. The van der Waals surface area contributed by atoms with Crippen molar-refractivity contribution in [3.05, 3.63) is 53.0 Å². The Morgan fingerprint density at radius 1 is 1.20 bits per heavy atom. The fraction of sp³-hybridized carbons (Fsp3) is 0.200. The molecule has 0 aliphatic heterocycles. The van der Waals surface area contributed by atoms with E-state index in [9.17, 15) is 5.26 Å². The summed E-state index contributed by atoms with van der Waals surface area (Å²) in [5.41, 5.74) is 2.30. The van der Waals surface area contributed by atoms with E-state index in [1.165, 1.54) is 11.3 Å². The van der Waals surface area contributed by atoms with Crippen molar-refractivity contribution < 1.29 is 9.47 Å². The molecule has 0 atom stereocenters. The summed E-state index contributed by atoms with van der Waals surface area (Å²) in [4.78, 5) is 4.55. The maximum Gasteiger partial charge on any atom is 0.161 e. The number of hydrogen-bond donors (Lipinski definition) is 0. The minimum Gasteiger partial charge on any atom is -0.493 e. The van der Waals surface area contributed by atoms with Crippen LogP contribution in [0, 0.1) is 11.3 Å². The third-order valence-electron chi connectivity index (χ3n) is 3.51. The molecule has 0 aliphatic rings. The molecule has 3 aromatic rings. The van der Waals surface area contributed by atoms with E-state index in [-0.39, 0.29) is 6.10 Å². The molecule has 0 aliphatic carbocycles. The number of rotatable bonds is 5. The molecule has 25 heavy (non-hydrogen) atoms. The molecule has 4 nitrogen and oxygen atoms in total. The van der Waals surface area contributed by atoms with Gasteiger partial charge in [-0.05, 0) is 49.8 Å². The molecule has 0 fully saturated rings. The lowest BCUT2D eigenvalue weighted by atomic mass is 10.1. The van der Waals surface area contributed by atoms with Crippen LogP contribution in [0.5, 0.6) is 11.5 Å². The zero-order chi connectivity index (χ0) is 17.8. The van der Waals surface area contributed by atoms with Gasteiger partial charge in [0.25, 0.3) is 0 Å². The summed E-state index contributed by atoms with van der Waals surface area (Å²) < 4.78 is 12.2. The quantitative estimate of drug-likeness (QED) is 0.597. The van der Waals surface area contributed by atoms with Crippen LogP contribution in [0.15, 0.2) is 42.5 Å². The number of ether oxygens (including phenoxy) is 2. The summed E-state index contributed by atoms with van der Waals surface area (Å²) in [6.45, 7) is 3.93. The van der Waals surface area contributed by atoms with Gasteiger partial charge in [0.05, 0.1) is 29.0 Å². The number of thiazole rings is 1. The van der Waals surface area contributed by atoms with Gasteiger partial charge < -0.3 is 9.47 Å². The molecular weight excluding hydrogens is 332 g/mol. The second kappa shape index (κ2) is 7.37. The predicted molar refractivity (Wildman–Crippen MR) is 102 cm³/mol. The second-order valence-electron chi connectivity index (χ2n) is 5.73. The first-order chi connectivity index (χ1) is 12.1. The van der Waals surface area contributed by atoms with E-state index < -0.39 is 0 Å². The smallest absolute Gasteiger partial charge is 0.161 e. The molecule has 0 N–H and O–H groups in total. The second-order valence-corrected chi connectivity index (χ2v) is 6.76. The van der Waals surface area contributed by atoms with Crippen molar-refractivity contribution in [2.45, 2.75) is 20.0 Å². The van der Waals surface area contributed by atoms with Crippen LogP contribution in [-0.2, 0) is 0 Å². The number of fused-ring (bicyclic) bond motifs is 1. The lowest BCUT2D eigenvalue weighted by Crippen LogP contribution is -2.06. The first kappa shape index (κ1) is 17.0. The number of aromatic nitrogens is 1. The molecule has 0 radical (unpaired) electrons. The standard InChI is InChI=1S/C20H18N2O2S/c1-13(2)24-17-9-8-14(11-18(17)23-3)10-15(12-21)20-22-16-6-4-5-7-19(16)25-20/h4-11,13H,1-3H3. The van der Waals surface area contributed by atoms with Crippen molar-refractivity contribution in [1.29, 1.82) is 5.26 Å². The Kier molecular flexibility index (Phi) is 5.01. The molecule has 0 saturated heterocycles. The molecule has 0 spiro atoms. The molecule has 0 amide bonds. The highest BCUT2D eigenvalue weighted by atomic mass is 32.1. The zero-order valence-electron chi connectivity index (χ0n) is 14.3. The van der Waals surface area contributed by atoms with Crippen LogP contribution >= 0.6 is 11.3 Å². The molecule has 1 heterocycles. The van der Waals surface area contributed by atoms with Crippen molar-refractivity contribution in [3.63, 3.8) is 0 Å². The van der Waals surface area contributed by atoms with Crippen molar-refractivity contribution in [2.24, 2.45) is 0 Å². The minimum absolute atomic E-state index is 0.0627. The molecule has 2 aromatic carbocycles. The highest BCUT2D eigenvalue weighted by molar-refractivity contribution is 7.19. The number of nitriles is 1. The van der Waals surface area contributed by atoms with Gasteiger partial charge >= 0.3 is 0 Å². The van der Waals surface area contributed by atoms with Gasteiger partial charge in [0.15, 0.2) is 11.5 Å². The van der Waals surface area contributed by atoms with Gasteiger partial charge in [0, 0.05) is 0 Å². The van der Waals surface area contributed by atoms with Gasteiger partial charge in [0.1, 0.15) is 11.1 Å². The molecule has 0 bridgehead atoms. The van der Waals surface area contributed by atoms with Crippen LogP contribution < -0.4 is 9.47 Å². The first-order valence-corrected chi connectivity index (χ1v) is 8.75. The van der Waals surface area contributed by atoms with Crippen LogP contribution in [0.3, 0.4) is 0 Å². The van der Waals surface area contributed by atoms with Crippen molar-refractivity contribution in [2.75, 3.05) is 7.11 Å². The van der Waals surface area contributed by atoms with E-state index in [1.54, 1.807) is 7.11 Å². The van der Waals surface area contributed by atoms with Crippen LogP contribution in [-0.4, -0.2) is 18.2 Å². The van der Waals surface area contributed by atoms with Crippen molar-refractivity contribution in [3.8, 4) is 17.6 Å². The lowest BCUT2D eigenvalue weighted by Gasteiger charge is -2.13. The van der Waals surface area contributed by atoms with Crippen LogP contribution in [0.1, 0.15) is 24.4 Å². The van der Waals surface area contributed by atoms with E-state index in [0.717, 1.165) is 15.8 Å². The Hall–Kier alpha value is -2.84. The molecular formula is C20H18N2O2S. The molecule has 5 heteroatoms. The van der Waals surface area contributed by atoms with Gasteiger partial charge in [-0.15, -0.1) is 11.3 Å². The highest BCUT2D eigenvalue weighted by Gasteiger charge is 2.11. The number of nitrogens with zero attached hydrogens (tertiary/aromatic N) is 2. The average molecular weight is 350 g/mol. The highest BCUT2D eigenvalue weighted by Crippen LogP contribution is 2.32. The van der Waals surface area contributed by atoms with Gasteiger partial charge in [-0.1, -0.05) is 18.2 Å². The largest absolute Gasteiger partial charge is 0.493 e. The van der Waals surface area contributed by atoms with Gasteiger partial charge in [-0.3, -0.25) is 0 Å². The number of para-hydroxylation sites is 1. The summed E-state index contributed by atoms with van der Waals surface area (Å²) in [7, 11) is 1.61. The van der Waals surface area contributed by atoms with E-state index in [4.69, 9.17) is 9.47 Å². The maximum atomic E-state index is 9.56. The van der Waals surface area contributed by atoms with E-state index in [1.807, 2.05) is 62.4 Å². The number of hydrogen-bond acceptors (Lipinski definition) is 5. The minimum atomic E-state index is 0.0627. The first-order valence-electron chi connectivity index (χ1n) is 7.93. The van der Waals surface area contributed by atoms with Crippen LogP contribution in [0.4, 0.5) is 0 Å². The number of benzene rings is 2.